The monoisotopic (exact) mass is 337 g/mol. The van der Waals surface area contributed by atoms with E-state index in [-0.39, 0.29) is 18.4 Å². The van der Waals surface area contributed by atoms with Crippen LogP contribution in [0, 0.1) is 0 Å². The van der Waals surface area contributed by atoms with Crippen molar-refractivity contribution in [3.63, 3.8) is 0 Å². The Morgan fingerprint density at radius 3 is 3.08 bits per heavy atom. The van der Waals surface area contributed by atoms with E-state index in [1.165, 1.54) is 0 Å². The molecular weight excluding hydrogens is 318 g/mol. The summed E-state index contributed by atoms with van der Waals surface area (Å²) in [4.78, 5) is 12.5. The minimum atomic E-state index is -0.0558. The largest absolute Gasteiger partial charge is 0.508 e. The fraction of sp³-hybridized carbons (Fsp3) is 0.250. The van der Waals surface area contributed by atoms with Crippen LogP contribution in [0.5, 0.6) is 11.5 Å². The fourth-order valence-electron chi connectivity index (χ4n) is 3.53. The number of nitrogens with one attached hydrogen (secondary N) is 1. The average molecular weight is 337 g/mol. The van der Waals surface area contributed by atoms with Crippen LogP contribution in [0.3, 0.4) is 0 Å². The number of rotatable bonds is 4. The van der Waals surface area contributed by atoms with Gasteiger partial charge in [-0.1, -0.05) is 12.1 Å². The van der Waals surface area contributed by atoms with Crippen molar-refractivity contribution in [1.29, 1.82) is 0 Å². The predicted molar refractivity (Wildman–Crippen MR) is 93.8 cm³/mol. The highest BCUT2D eigenvalue weighted by Gasteiger charge is 2.26. The molecule has 0 bridgehead atoms. The van der Waals surface area contributed by atoms with E-state index < -0.39 is 0 Å². The second-order valence-corrected chi connectivity index (χ2v) is 6.30. The molecule has 0 saturated carbocycles. The summed E-state index contributed by atoms with van der Waals surface area (Å²) in [5.41, 5.74) is 3.51. The van der Waals surface area contributed by atoms with Crippen molar-refractivity contribution in [3.05, 3.63) is 59.4 Å². The molecule has 0 fully saturated rings. The molecule has 128 valence electrons. The summed E-state index contributed by atoms with van der Waals surface area (Å²) in [6.07, 6.45) is 3.46. The number of amides is 1. The van der Waals surface area contributed by atoms with E-state index in [0.29, 0.717) is 11.3 Å². The number of furan rings is 1. The Hall–Kier alpha value is -2.95. The molecule has 0 unspecified atom stereocenters. The maximum absolute atomic E-state index is 12.5. The lowest BCUT2D eigenvalue weighted by Crippen LogP contribution is -2.28. The third kappa shape index (κ3) is 2.82. The van der Waals surface area contributed by atoms with Gasteiger partial charge in [-0.2, -0.15) is 0 Å². The molecule has 0 spiro atoms. The average Bonchev–Trinajstić information content (AvgIpc) is 3.20. The lowest BCUT2D eigenvalue weighted by atomic mass is 10.1. The zero-order valence-electron chi connectivity index (χ0n) is 13.9. The first kappa shape index (κ1) is 15.6. The third-order valence-electron chi connectivity index (χ3n) is 4.80. The van der Waals surface area contributed by atoms with Gasteiger partial charge >= 0.3 is 0 Å². The van der Waals surface area contributed by atoms with Gasteiger partial charge < -0.3 is 19.6 Å². The molecule has 0 aliphatic heterocycles. The van der Waals surface area contributed by atoms with E-state index in [0.717, 1.165) is 40.7 Å². The van der Waals surface area contributed by atoms with E-state index in [9.17, 15) is 9.90 Å². The Morgan fingerprint density at radius 2 is 2.24 bits per heavy atom. The van der Waals surface area contributed by atoms with E-state index in [1.54, 1.807) is 19.4 Å². The summed E-state index contributed by atoms with van der Waals surface area (Å²) < 4.78 is 10.7. The second-order valence-electron chi connectivity index (χ2n) is 6.30. The van der Waals surface area contributed by atoms with Crippen LogP contribution in [0.2, 0.25) is 0 Å². The molecule has 0 radical (unpaired) electrons. The number of carbonyl (C=O) groups is 1. The van der Waals surface area contributed by atoms with Gasteiger partial charge in [-0.3, -0.25) is 4.79 Å². The zero-order valence-corrected chi connectivity index (χ0v) is 13.9. The number of methoxy groups -OCH3 is 1. The molecule has 1 heterocycles. The topological polar surface area (TPSA) is 71.7 Å². The fourth-order valence-corrected chi connectivity index (χ4v) is 3.53. The molecular formula is C20H19NO4. The summed E-state index contributed by atoms with van der Waals surface area (Å²) in [5, 5.41) is 13.9. The Morgan fingerprint density at radius 1 is 1.36 bits per heavy atom. The molecule has 5 nitrogen and oxygen atoms in total. The minimum absolute atomic E-state index is 0.0483. The zero-order chi connectivity index (χ0) is 17.4. The summed E-state index contributed by atoms with van der Waals surface area (Å²) in [6.45, 7) is 0. The molecule has 25 heavy (non-hydrogen) atoms. The van der Waals surface area contributed by atoms with Gasteiger partial charge in [0.15, 0.2) is 0 Å². The lowest BCUT2D eigenvalue weighted by molar-refractivity contribution is -0.121. The first-order chi connectivity index (χ1) is 12.2. The van der Waals surface area contributed by atoms with Gasteiger partial charge in [0.2, 0.25) is 5.91 Å². The number of ether oxygens (including phenoxy) is 1. The van der Waals surface area contributed by atoms with Crippen molar-refractivity contribution in [2.45, 2.75) is 25.3 Å². The van der Waals surface area contributed by atoms with E-state index in [1.807, 2.05) is 30.3 Å². The summed E-state index contributed by atoms with van der Waals surface area (Å²) in [6, 6.07) is 11.0. The Balaban J connectivity index is 1.50. The molecule has 3 aromatic rings. The number of benzene rings is 2. The van der Waals surface area contributed by atoms with Crippen LogP contribution in [0.4, 0.5) is 0 Å². The maximum atomic E-state index is 12.5. The van der Waals surface area contributed by atoms with Gasteiger partial charge in [0.25, 0.3) is 0 Å². The minimum Gasteiger partial charge on any atom is -0.508 e. The van der Waals surface area contributed by atoms with Crippen LogP contribution >= 0.6 is 0 Å². The van der Waals surface area contributed by atoms with Gasteiger partial charge in [0, 0.05) is 17.0 Å². The molecule has 5 heteroatoms. The Kier molecular flexibility index (Phi) is 3.84. The molecule has 1 atom stereocenters. The number of phenols is 1. The van der Waals surface area contributed by atoms with E-state index in [4.69, 9.17) is 9.15 Å². The highest BCUT2D eigenvalue weighted by molar-refractivity contribution is 5.88. The number of fused-ring (bicyclic) bond motifs is 2. The molecule has 2 aromatic carbocycles. The third-order valence-corrected chi connectivity index (χ3v) is 4.80. The first-order valence-corrected chi connectivity index (χ1v) is 8.30. The molecule has 1 aromatic heterocycles. The Labute approximate surface area is 145 Å². The van der Waals surface area contributed by atoms with Crippen molar-refractivity contribution in [2.24, 2.45) is 0 Å². The number of aromatic hydroxyl groups is 1. The van der Waals surface area contributed by atoms with Gasteiger partial charge in [0.05, 0.1) is 25.8 Å². The molecule has 1 aliphatic carbocycles. The smallest absolute Gasteiger partial charge is 0.225 e. The highest BCUT2D eigenvalue weighted by atomic mass is 16.5. The van der Waals surface area contributed by atoms with Crippen molar-refractivity contribution < 1.29 is 19.1 Å². The predicted octanol–water partition coefficient (Wildman–Crippen LogP) is 3.49. The van der Waals surface area contributed by atoms with E-state index >= 15 is 0 Å². The normalized spacial score (nSPS) is 16.0. The summed E-state index contributed by atoms with van der Waals surface area (Å²) in [7, 11) is 1.61. The first-order valence-electron chi connectivity index (χ1n) is 8.30. The summed E-state index contributed by atoms with van der Waals surface area (Å²) in [5.74, 6) is 0.976. The van der Waals surface area contributed by atoms with Gasteiger partial charge in [-0.05, 0) is 42.2 Å². The van der Waals surface area contributed by atoms with Crippen molar-refractivity contribution in [3.8, 4) is 11.5 Å². The van der Waals surface area contributed by atoms with Gasteiger partial charge in [0.1, 0.15) is 17.1 Å². The molecule has 4 rings (SSSR count). The number of hydrogen-bond acceptors (Lipinski definition) is 4. The van der Waals surface area contributed by atoms with Gasteiger partial charge in [-0.25, -0.2) is 0 Å². The standard InChI is InChI=1S/C20H19NO4/c1-24-13-5-6-14-12(11-25-19(14)10-13)9-20(23)21-17-8-7-16-15(17)3-2-4-18(16)22/h2-6,10-11,17,22H,7-9H2,1H3,(H,21,23)/t17-/m1/s1. The highest BCUT2D eigenvalue weighted by Crippen LogP contribution is 2.36. The summed E-state index contributed by atoms with van der Waals surface area (Å²) >= 11 is 0. The lowest BCUT2D eigenvalue weighted by Gasteiger charge is -2.14. The van der Waals surface area contributed by atoms with Crippen molar-refractivity contribution in [2.75, 3.05) is 7.11 Å². The van der Waals surface area contributed by atoms with Crippen LogP contribution in [0.15, 0.2) is 47.1 Å². The Bertz CT molecular complexity index is 944. The van der Waals surface area contributed by atoms with E-state index in [2.05, 4.69) is 5.32 Å². The van der Waals surface area contributed by atoms with Crippen LogP contribution in [-0.4, -0.2) is 18.1 Å². The molecule has 0 saturated heterocycles. The van der Waals surface area contributed by atoms with Crippen LogP contribution in [-0.2, 0) is 17.6 Å². The number of phenolic OH excluding ortho intramolecular Hbond substituents is 1. The quantitative estimate of drug-likeness (QED) is 0.764. The molecule has 1 aliphatic rings. The van der Waals surface area contributed by atoms with Gasteiger partial charge in [-0.15, -0.1) is 0 Å². The number of hydrogen-bond donors (Lipinski definition) is 2. The van der Waals surface area contributed by atoms with Crippen molar-refractivity contribution >= 4 is 16.9 Å². The van der Waals surface area contributed by atoms with Crippen LogP contribution in [0.1, 0.15) is 29.2 Å². The van der Waals surface area contributed by atoms with Crippen LogP contribution < -0.4 is 10.1 Å². The maximum Gasteiger partial charge on any atom is 0.225 e. The second kappa shape index (κ2) is 6.16. The van der Waals surface area contributed by atoms with Crippen LogP contribution in [0.25, 0.3) is 11.0 Å². The molecule has 2 N–H and O–H groups in total. The van der Waals surface area contributed by atoms with Crippen molar-refractivity contribution in [1.82, 2.24) is 5.32 Å². The molecule has 1 amide bonds. The number of carbonyl (C=O) groups excluding carboxylic acids is 1. The SMILES string of the molecule is COc1ccc2c(CC(=O)N[C@@H]3CCc4c(O)cccc43)coc2c1.